The number of nitrogens with one attached hydrogen (secondary N) is 3. The minimum absolute atomic E-state index is 0.145. The number of nitrogens with zero attached hydrogens (tertiary/aromatic N) is 2. The van der Waals surface area contributed by atoms with Crippen LogP contribution < -0.4 is 11.0 Å². The van der Waals surface area contributed by atoms with Crippen LogP contribution in [0.4, 0.5) is 5.69 Å². The minimum atomic E-state index is -0.389. The molecule has 0 aliphatic rings. The van der Waals surface area contributed by atoms with E-state index in [9.17, 15) is 9.59 Å². The Morgan fingerprint density at radius 1 is 1.00 bits per heavy atom. The first-order chi connectivity index (χ1) is 15.1. The van der Waals surface area contributed by atoms with Gasteiger partial charge < -0.3 is 15.3 Å². The molecular weight excluding hydrogens is 410 g/mol. The predicted octanol–water partition coefficient (Wildman–Crippen LogP) is 4.31. The van der Waals surface area contributed by atoms with Crippen molar-refractivity contribution in [1.82, 2.24) is 19.5 Å². The van der Waals surface area contributed by atoms with Crippen LogP contribution in [0.2, 0.25) is 0 Å². The lowest BCUT2D eigenvalue weighted by Gasteiger charge is -2.14. The van der Waals surface area contributed by atoms with E-state index in [0.717, 1.165) is 21.9 Å². The number of imidazole rings is 2. The molecule has 0 aliphatic heterocycles. The second kappa shape index (κ2) is 7.81. The number of anilines is 1. The van der Waals surface area contributed by atoms with Gasteiger partial charge in [0.1, 0.15) is 0 Å². The fourth-order valence-corrected chi connectivity index (χ4v) is 4.42. The summed E-state index contributed by atoms with van der Waals surface area (Å²) in [5.41, 5.74) is 4.55. The number of aromatic nitrogens is 4. The van der Waals surface area contributed by atoms with Gasteiger partial charge >= 0.3 is 5.69 Å². The van der Waals surface area contributed by atoms with Crippen LogP contribution in [-0.2, 0) is 4.79 Å². The van der Waals surface area contributed by atoms with Gasteiger partial charge in [-0.15, -0.1) is 0 Å². The van der Waals surface area contributed by atoms with Crippen molar-refractivity contribution in [2.24, 2.45) is 0 Å². The van der Waals surface area contributed by atoms with Crippen LogP contribution in [0.25, 0.3) is 27.8 Å². The number of aromatic amines is 2. The van der Waals surface area contributed by atoms with Crippen molar-refractivity contribution in [3.05, 3.63) is 83.3 Å². The Bertz CT molecular complexity index is 1450. The van der Waals surface area contributed by atoms with Crippen molar-refractivity contribution in [3.8, 4) is 5.69 Å². The molecule has 2 aromatic heterocycles. The Balaban J connectivity index is 1.42. The van der Waals surface area contributed by atoms with Gasteiger partial charge in [-0.2, -0.15) is 0 Å². The molecule has 0 saturated carbocycles. The molecule has 3 aromatic carbocycles. The molecule has 1 unspecified atom stereocenters. The lowest BCUT2D eigenvalue weighted by molar-refractivity contribution is -0.115. The SMILES string of the molecule is CC(Sc1nc2ccccc2n1-c1ccccc1)C(=O)Nc1ccc2[nH]c(=O)[nH]c2c1. The molecule has 0 saturated heterocycles. The van der Waals surface area contributed by atoms with Crippen molar-refractivity contribution >= 4 is 45.4 Å². The molecule has 0 radical (unpaired) electrons. The van der Waals surface area contributed by atoms with Crippen molar-refractivity contribution in [2.75, 3.05) is 5.32 Å². The van der Waals surface area contributed by atoms with Crippen LogP contribution in [0.5, 0.6) is 0 Å². The van der Waals surface area contributed by atoms with Gasteiger partial charge in [-0.3, -0.25) is 9.36 Å². The Hall–Kier alpha value is -3.78. The summed E-state index contributed by atoms with van der Waals surface area (Å²) in [6.07, 6.45) is 0. The average molecular weight is 430 g/mol. The maximum absolute atomic E-state index is 12.9. The number of hydrogen-bond acceptors (Lipinski definition) is 4. The number of H-pyrrole nitrogens is 2. The minimum Gasteiger partial charge on any atom is -0.325 e. The van der Waals surface area contributed by atoms with Crippen LogP contribution in [0.3, 0.4) is 0 Å². The molecule has 2 heterocycles. The summed E-state index contributed by atoms with van der Waals surface area (Å²) in [7, 11) is 0. The second-order valence-electron chi connectivity index (χ2n) is 7.14. The highest BCUT2D eigenvalue weighted by molar-refractivity contribution is 8.00. The van der Waals surface area contributed by atoms with Crippen LogP contribution >= 0.6 is 11.8 Å². The highest BCUT2D eigenvalue weighted by Crippen LogP contribution is 2.31. The summed E-state index contributed by atoms with van der Waals surface area (Å²) in [4.78, 5) is 34.5. The summed E-state index contributed by atoms with van der Waals surface area (Å²) in [5, 5.41) is 3.29. The van der Waals surface area contributed by atoms with Gasteiger partial charge in [-0.25, -0.2) is 9.78 Å². The summed E-state index contributed by atoms with van der Waals surface area (Å²) in [6.45, 7) is 1.85. The van der Waals surface area contributed by atoms with Gasteiger partial charge in [0, 0.05) is 11.4 Å². The molecule has 5 aromatic rings. The lowest BCUT2D eigenvalue weighted by atomic mass is 10.2. The summed E-state index contributed by atoms with van der Waals surface area (Å²) < 4.78 is 2.07. The number of benzene rings is 3. The molecule has 5 rings (SSSR count). The van der Waals surface area contributed by atoms with E-state index >= 15 is 0 Å². The van der Waals surface area contributed by atoms with E-state index in [0.29, 0.717) is 16.7 Å². The van der Waals surface area contributed by atoms with E-state index < -0.39 is 0 Å². The van der Waals surface area contributed by atoms with E-state index in [2.05, 4.69) is 19.9 Å². The quantitative estimate of drug-likeness (QED) is 0.363. The molecule has 3 N–H and O–H groups in total. The number of amides is 1. The standard InChI is InChI=1S/C23H19N5O2S/c1-14(21(29)24-15-11-12-17-19(13-15)26-22(30)25-17)31-23-27-18-9-5-6-10-20(18)28(23)16-7-3-2-4-8-16/h2-14H,1H3,(H,24,29)(H2,25,26,30). The van der Waals surface area contributed by atoms with Gasteiger partial charge in [0.25, 0.3) is 0 Å². The third-order valence-corrected chi connectivity index (χ3v) is 6.03. The van der Waals surface area contributed by atoms with Gasteiger partial charge in [-0.05, 0) is 49.4 Å². The molecule has 0 fully saturated rings. The van der Waals surface area contributed by atoms with Crippen molar-refractivity contribution in [3.63, 3.8) is 0 Å². The number of carbonyl (C=O) groups is 1. The summed E-state index contributed by atoms with van der Waals surface area (Å²) in [6, 6.07) is 23.2. The van der Waals surface area contributed by atoms with E-state index in [1.807, 2.05) is 61.5 Å². The molecule has 154 valence electrons. The molecular formula is C23H19N5O2S. The van der Waals surface area contributed by atoms with Crippen molar-refractivity contribution in [1.29, 1.82) is 0 Å². The molecule has 31 heavy (non-hydrogen) atoms. The second-order valence-corrected chi connectivity index (χ2v) is 8.45. The predicted molar refractivity (Wildman–Crippen MR) is 124 cm³/mol. The van der Waals surface area contributed by atoms with Crippen LogP contribution in [0, 0.1) is 0 Å². The Kier molecular flexibility index (Phi) is 4.83. The van der Waals surface area contributed by atoms with Gasteiger partial charge in [0.05, 0.1) is 27.3 Å². The van der Waals surface area contributed by atoms with Crippen LogP contribution in [0.1, 0.15) is 6.92 Å². The molecule has 0 bridgehead atoms. The molecule has 1 atom stereocenters. The first kappa shape index (κ1) is 19.2. The van der Waals surface area contributed by atoms with Gasteiger partial charge in [-0.1, -0.05) is 42.1 Å². The van der Waals surface area contributed by atoms with Crippen LogP contribution in [-0.4, -0.2) is 30.7 Å². The zero-order valence-electron chi connectivity index (χ0n) is 16.6. The fourth-order valence-electron chi connectivity index (χ4n) is 3.48. The Labute approximate surface area is 181 Å². The molecule has 0 spiro atoms. The largest absolute Gasteiger partial charge is 0.325 e. The third-order valence-electron chi connectivity index (χ3n) is 4.98. The number of thioether (sulfide) groups is 1. The average Bonchev–Trinajstić information content (AvgIpc) is 3.32. The number of hydrogen-bond donors (Lipinski definition) is 3. The maximum Gasteiger partial charge on any atom is 0.323 e. The lowest BCUT2D eigenvalue weighted by Crippen LogP contribution is -2.22. The van der Waals surface area contributed by atoms with Crippen LogP contribution in [0.15, 0.2) is 82.7 Å². The Morgan fingerprint density at radius 3 is 2.58 bits per heavy atom. The molecule has 7 nitrogen and oxygen atoms in total. The summed E-state index contributed by atoms with van der Waals surface area (Å²) >= 11 is 1.40. The first-order valence-electron chi connectivity index (χ1n) is 9.81. The van der Waals surface area contributed by atoms with E-state index in [-0.39, 0.29) is 16.8 Å². The topological polar surface area (TPSA) is 95.6 Å². The zero-order valence-corrected chi connectivity index (χ0v) is 17.4. The van der Waals surface area contributed by atoms with E-state index in [4.69, 9.17) is 4.98 Å². The van der Waals surface area contributed by atoms with E-state index in [1.165, 1.54) is 11.8 Å². The molecule has 0 aliphatic carbocycles. The molecule has 1 amide bonds. The number of fused-ring (bicyclic) bond motifs is 2. The zero-order chi connectivity index (χ0) is 21.4. The smallest absolute Gasteiger partial charge is 0.323 e. The maximum atomic E-state index is 12.9. The third kappa shape index (κ3) is 3.73. The van der Waals surface area contributed by atoms with Gasteiger partial charge in [0.2, 0.25) is 5.91 Å². The normalized spacial score (nSPS) is 12.3. The summed E-state index contributed by atoms with van der Waals surface area (Å²) in [5.74, 6) is -0.145. The van der Waals surface area contributed by atoms with Crippen molar-refractivity contribution < 1.29 is 4.79 Å². The van der Waals surface area contributed by atoms with E-state index in [1.54, 1.807) is 18.2 Å². The number of rotatable bonds is 5. The highest BCUT2D eigenvalue weighted by Gasteiger charge is 2.20. The van der Waals surface area contributed by atoms with Crippen molar-refractivity contribution in [2.45, 2.75) is 17.3 Å². The highest BCUT2D eigenvalue weighted by atomic mass is 32.2. The monoisotopic (exact) mass is 429 g/mol. The fraction of sp³-hybridized carbons (Fsp3) is 0.0870. The number of carbonyl (C=O) groups excluding carboxylic acids is 1. The molecule has 8 heteroatoms. The first-order valence-corrected chi connectivity index (χ1v) is 10.7. The number of para-hydroxylation sites is 3. The van der Waals surface area contributed by atoms with Gasteiger partial charge in [0.15, 0.2) is 5.16 Å². The Morgan fingerprint density at radius 2 is 1.74 bits per heavy atom.